The molecule has 4 aromatic rings. The average molecular weight is 641 g/mol. The van der Waals surface area contributed by atoms with Gasteiger partial charge in [-0.05, 0) is 73.5 Å². The number of aromatic hydroxyl groups is 2. The Kier molecular flexibility index (Phi) is 16.9. The lowest BCUT2D eigenvalue weighted by molar-refractivity contribution is -0.0730. The first-order valence-corrected chi connectivity index (χ1v) is 16.0. The van der Waals surface area contributed by atoms with E-state index in [-0.39, 0.29) is 18.0 Å². The molecule has 0 saturated carbocycles. The summed E-state index contributed by atoms with van der Waals surface area (Å²) in [6, 6.07) is 33.9. The fourth-order valence-electron chi connectivity index (χ4n) is 4.17. The summed E-state index contributed by atoms with van der Waals surface area (Å²) in [6.07, 6.45) is 0.983. The molecule has 0 radical (unpaired) electrons. The number of hydrogen-bond donors (Lipinski definition) is 2. The SMILES string of the molecule is C=C(C)COC(CC)Oc1ccc(C(C)(C)c2ccc(OC(CC)OCC(=C)C)cc2)cc1.Oc1ccccc1.Oc1ccccc1. The molecule has 0 bridgehead atoms. The van der Waals surface area contributed by atoms with Crippen molar-refractivity contribution in [2.24, 2.45) is 0 Å². The van der Waals surface area contributed by atoms with Crippen molar-refractivity contribution in [2.75, 3.05) is 13.2 Å². The first-order chi connectivity index (χ1) is 22.4. The van der Waals surface area contributed by atoms with E-state index in [9.17, 15) is 0 Å². The van der Waals surface area contributed by atoms with Crippen LogP contribution in [0.4, 0.5) is 0 Å². The average Bonchev–Trinajstić information content (AvgIpc) is 3.06. The van der Waals surface area contributed by atoms with Crippen LogP contribution in [0, 0.1) is 0 Å². The van der Waals surface area contributed by atoms with Crippen molar-refractivity contribution in [3.05, 3.63) is 145 Å². The molecule has 2 N–H and O–H groups in total. The molecule has 2 atom stereocenters. The van der Waals surface area contributed by atoms with Crippen LogP contribution in [-0.4, -0.2) is 36.0 Å². The third-order valence-electron chi connectivity index (χ3n) is 6.90. The van der Waals surface area contributed by atoms with E-state index in [1.807, 2.05) is 64.1 Å². The van der Waals surface area contributed by atoms with Crippen molar-refractivity contribution in [1.82, 2.24) is 0 Å². The summed E-state index contributed by atoms with van der Waals surface area (Å²) in [5.74, 6) is 2.24. The van der Waals surface area contributed by atoms with Gasteiger partial charge in [0.2, 0.25) is 0 Å². The van der Waals surface area contributed by atoms with E-state index in [0.29, 0.717) is 24.7 Å². The Morgan fingerprint density at radius 3 is 1.13 bits per heavy atom. The van der Waals surface area contributed by atoms with Crippen LogP contribution in [0.1, 0.15) is 65.5 Å². The lowest BCUT2D eigenvalue weighted by Gasteiger charge is -2.27. The zero-order chi connectivity index (χ0) is 34.7. The fourth-order valence-corrected chi connectivity index (χ4v) is 4.17. The summed E-state index contributed by atoms with van der Waals surface area (Å²) in [6.45, 7) is 21.2. The summed E-state index contributed by atoms with van der Waals surface area (Å²) < 4.78 is 23.5. The molecule has 0 fully saturated rings. The van der Waals surface area contributed by atoms with E-state index in [4.69, 9.17) is 29.2 Å². The topological polar surface area (TPSA) is 77.4 Å². The van der Waals surface area contributed by atoms with Gasteiger partial charge in [0.1, 0.15) is 23.0 Å². The van der Waals surface area contributed by atoms with Gasteiger partial charge in [-0.25, -0.2) is 0 Å². The molecule has 0 spiro atoms. The van der Waals surface area contributed by atoms with Gasteiger partial charge in [-0.15, -0.1) is 0 Å². The maximum atomic E-state index is 8.63. The van der Waals surface area contributed by atoms with Gasteiger partial charge in [-0.3, -0.25) is 0 Å². The molecule has 0 aliphatic rings. The molecule has 4 aromatic carbocycles. The Morgan fingerprint density at radius 2 is 0.894 bits per heavy atom. The summed E-state index contributed by atoms with van der Waals surface area (Å²) in [4.78, 5) is 0. The number of para-hydroxylation sites is 2. The quantitative estimate of drug-likeness (QED) is 0.106. The minimum atomic E-state index is -0.278. The highest BCUT2D eigenvalue weighted by Gasteiger charge is 2.23. The molecule has 252 valence electrons. The maximum Gasteiger partial charge on any atom is 0.199 e. The van der Waals surface area contributed by atoms with Crippen molar-refractivity contribution < 1.29 is 29.2 Å². The van der Waals surface area contributed by atoms with Gasteiger partial charge in [0.05, 0.1) is 13.2 Å². The number of phenolic OH excluding ortho intramolecular Hbond substituents is 2. The van der Waals surface area contributed by atoms with Gasteiger partial charge >= 0.3 is 0 Å². The Labute approximate surface area is 281 Å². The molecule has 4 rings (SSSR count). The first-order valence-electron chi connectivity index (χ1n) is 16.0. The highest BCUT2D eigenvalue weighted by atomic mass is 16.7. The second-order valence-electron chi connectivity index (χ2n) is 11.8. The zero-order valence-electron chi connectivity index (χ0n) is 28.8. The normalized spacial score (nSPS) is 11.9. The molecule has 0 aliphatic heterocycles. The fraction of sp³-hybridized carbons (Fsp3) is 0.317. The maximum absolute atomic E-state index is 8.63. The van der Waals surface area contributed by atoms with Crippen LogP contribution in [0.3, 0.4) is 0 Å². The molecule has 0 heterocycles. The number of hydrogen-bond acceptors (Lipinski definition) is 6. The van der Waals surface area contributed by atoms with Crippen LogP contribution in [0.25, 0.3) is 0 Å². The molecular weight excluding hydrogens is 588 g/mol. The largest absolute Gasteiger partial charge is 0.508 e. The summed E-state index contributed by atoms with van der Waals surface area (Å²) >= 11 is 0. The van der Waals surface area contributed by atoms with Crippen molar-refractivity contribution in [2.45, 2.75) is 72.4 Å². The van der Waals surface area contributed by atoms with E-state index < -0.39 is 0 Å². The van der Waals surface area contributed by atoms with Gasteiger partial charge in [0.15, 0.2) is 12.6 Å². The smallest absolute Gasteiger partial charge is 0.199 e. The highest BCUT2D eigenvalue weighted by molar-refractivity contribution is 5.42. The van der Waals surface area contributed by atoms with Gasteiger partial charge in [-0.2, -0.15) is 0 Å². The lowest BCUT2D eigenvalue weighted by atomic mass is 9.78. The standard InChI is InChI=1S/C29H40O4.2C6H6O/c1-9-27(30-19-21(3)4)32-25-15-11-23(12-16-25)29(7,8)24-13-17-26(18-14-24)33-28(10-2)31-20-22(5)6;2*7-6-4-2-1-3-5-6/h11-18,27-28H,3,5,9-10,19-20H2,1-2,4,6-8H3;2*1-5,7H. The van der Waals surface area contributed by atoms with E-state index in [1.165, 1.54) is 11.1 Å². The molecule has 0 aliphatic carbocycles. The van der Waals surface area contributed by atoms with Crippen molar-refractivity contribution in [3.8, 4) is 23.0 Å². The molecule has 2 unspecified atom stereocenters. The summed E-state index contributed by atoms with van der Waals surface area (Å²) in [5, 5.41) is 17.3. The Bertz CT molecular complexity index is 1320. The third-order valence-corrected chi connectivity index (χ3v) is 6.90. The van der Waals surface area contributed by atoms with Crippen LogP contribution in [-0.2, 0) is 14.9 Å². The van der Waals surface area contributed by atoms with Crippen LogP contribution >= 0.6 is 0 Å². The number of ether oxygens (including phenoxy) is 4. The van der Waals surface area contributed by atoms with Crippen LogP contribution in [0.5, 0.6) is 23.0 Å². The van der Waals surface area contributed by atoms with E-state index in [0.717, 1.165) is 35.5 Å². The van der Waals surface area contributed by atoms with Gasteiger partial charge in [0, 0.05) is 18.3 Å². The van der Waals surface area contributed by atoms with Gasteiger partial charge < -0.3 is 29.2 Å². The Hall–Kier alpha value is -4.52. The second-order valence-corrected chi connectivity index (χ2v) is 11.8. The molecule has 0 saturated heterocycles. The first kappa shape index (κ1) is 38.7. The van der Waals surface area contributed by atoms with E-state index >= 15 is 0 Å². The molecular formula is C41H52O6. The molecule has 0 aromatic heterocycles. The van der Waals surface area contributed by atoms with Gasteiger partial charge in [-0.1, -0.05) is 113 Å². The minimum absolute atomic E-state index is 0.168. The van der Waals surface area contributed by atoms with Crippen molar-refractivity contribution in [3.63, 3.8) is 0 Å². The van der Waals surface area contributed by atoms with Gasteiger partial charge in [0.25, 0.3) is 0 Å². The summed E-state index contributed by atoms with van der Waals surface area (Å²) in [7, 11) is 0. The highest BCUT2D eigenvalue weighted by Crippen LogP contribution is 2.34. The van der Waals surface area contributed by atoms with E-state index in [1.54, 1.807) is 48.5 Å². The number of benzene rings is 4. The predicted octanol–water partition coefficient (Wildman–Crippen LogP) is 10.2. The Balaban J connectivity index is 0.000000445. The van der Waals surface area contributed by atoms with Crippen molar-refractivity contribution >= 4 is 0 Å². The second kappa shape index (κ2) is 20.6. The lowest BCUT2D eigenvalue weighted by Crippen LogP contribution is -2.22. The zero-order valence-corrected chi connectivity index (χ0v) is 28.8. The molecule has 6 nitrogen and oxygen atoms in total. The molecule has 47 heavy (non-hydrogen) atoms. The van der Waals surface area contributed by atoms with Crippen molar-refractivity contribution in [1.29, 1.82) is 0 Å². The van der Waals surface area contributed by atoms with Crippen LogP contribution in [0.15, 0.2) is 133 Å². The molecule has 6 heteroatoms. The monoisotopic (exact) mass is 640 g/mol. The van der Waals surface area contributed by atoms with Crippen LogP contribution < -0.4 is 9.47 Å². The number of phenols is 2. The molecule has 0 amide bonds. The third kappa shape index (κ3) is 15.1. The van der Waals surface area contributed by atoms with Crippen LogP contribution in [0.2, 0.25) is 0 Å². The number of rotatable bonds is 14. The Morgan fingerprint density at radius 1 is 0.574 bits per heavy atom. The van der Waals surface area contributed by atoms with E-state index in [2.05, 4.69) is 51.3 Å². The minimum Gasteiger partial charge on any atom is -0.508 e. The summed E-state index contributed by atoms with van der Waals surface area (Å²) in [5.41, 5.74) is 4.20. The predicted molar refractivity (Wildman–Crippen MR) is 192 cm³/mol.